The molecule has 0 saturated heterocycles. The monoisotopic (exact) mass is 286 g/mol. The lowest BCUT2D eigenvalue weighted by molar-refractivity contribution is 0.209. The zero-order chi connectivity index (χ0) is 14.2. The van der Waals surface area contributed by atoms with E-state index < -0.39 is 23.6 Å². The van der Waals surface area contributed by atoms with E-state index in [1.165, 1.54) is 25.1 Å². The number of hydrogen-bond acceptors (Lipinski definition) is 1. The number of hydrogen-bond donors (Lipinski definition) is 1. The number of aliphatic hydroxyl groups excluding tert-OH is 1. The molecular formula is C14H10ClF3O. The highest BCUT2D eigenvalue weighted by atomic mass is 35.5. The van der Waals surface area contributed by atoms with Crippen LogP contribution in [0.4, 0.5) is 13.2 Å². The SMILES string of the molecule is Cc1cc(F)c(C(O)c2cccc(Cl)c2F)cc1F. The molecule has 0 spiro atoms. The molecule has 100 valence electrons. The van der Waals surface area contributed by atoms with Crippen molar-refractivity contribution in [3.05, 3.63) is 69.5 Å². The Bertz CT molecular complexity index is 628. The molecule has 0 aliphatic heterocycles. The third-order valence-corrected chi connectivity index (χ3v) is 3.14. The highest BCUT2D eigenvalue weighted by Gasteiger charge is 2.21. The van der Waals surface area contributed by atoms with Gasteiger partial charge in [0.25, 0.3) is 0 Å². The molecule has 0 saturated carbocycles. The van der Waals surface area contributed by atoms with Crippen LogP contribution in [0.2, 0.25) is 5.02 Å². The summed E-state index contributed by atoms with van der Waals surface area (Å²) in [6, 6.07) is 5.81. The number of aryl methyl sites for hydroxylation is 1. The number of halogens is 4. The predicted molar refractivity (Wildman–Crippen MR) is 66.6 cm³/mol. The van der Waals surface area contributed by atoms with Gasteiger partial charge < -0.3 is 5.11 Å². The van der Waals surface area contributed by atoms with Gasteiger partial charge in [0.1, 0.15) is 23.6 Å². The van der Waals surface area contributed by atoms with Gasteiger partial charge in [-0.05, 0) is 30.7 Å². The van der Waals surface area contributed by atoms with Crippen LogP contribution in [0, 0.1) is 24.4 Å². The van der Waals surface area contributed by atoms with E-state index in [2.05, 4.69) is 0 Å². The average Bonchev–Trinajstić information content (AvgIpc) is 2.36. The maximum absolute atomic E-state index is 13.7. The molecule has 0 bridgehead atoms. The van der Waals surface area contributed by atoms with Crippen LogP contribution in [-0.2, 0) is 0 Å². The fourth-order valence-corrected chi connectivity index (χ4v) is 1.95. The van der Waals surface area contributed by atoms with Gasteiger partial charge in [0.05, 0.1) is 5.02 Å². The standard InChI is InChI=1S/C14H10ClF3O/c1-7-5-12(17)9(6-11(7)16)14(19)8-3-2-4-10(15)13(8)18/h2-6,14,19H,1H3. The van der Waals surface area contributed by atoms with Crippen LogP contribution in [0.15, 0.2) is 30.3 Å². The van der Waals surface area contributed by atoms with Gasteiger partial charge in [0.2, 0.25) is 0 Å². The van der Waals surface area contributed by atoms with E-state index in [1.807, 2.05) is 0 Å². The van der Waals surface area contributed by atoms with E-state index in [0.29, 0.717) is 0 Å². The van der Waals surface area contributed by atoms with Crippen molar-refractivity contribution >= 4 is 11.6 Å². The highest BCUT2D eigenvalue weighted by molar-refractivity contribution is 6.30. The third-order valence-electron chi connectivity index (χ3n) is 2.85. The van der Waals surface area contributed by atoms with Gasteiger partial charge in [0, 0.05) is 11.1 Å². The molecular weight excluding hydrogens is 277 g/mol. The Kier molecular flexibility index (Phi) is 3.83. The Morgan fingerprint density at radius 3 is 2.42 bits per heavy atom. The smallest absolute Gasteiger partial charge is 0.147 e. The Hall–Kier alpha value is -1.52. The van der Waals surface area contributed by atoms with Crippen LogP contribution in [-0.4, -0.2) is 5.11 Å². The van der Waals surface area contributed by atoms with Gasteiger partial charge in [0.15, 0.2) is 0 Å². The normalized spacial score (nSPS) is 12.5. The lowest BCUT2D eigenvalue weighted by Gasteiger charge is -2.14. The molecule has 1 atom stereocenters. The van der Waals surface area contributed by atoms with Crippen LogP contribution in [0.5, 0.6) is 0 Å². The van der Waals surface area contributed by atoms with Crippen molar-refractivity contribution in [1.29, 1.82) is 0 Å². The maximum atomic E-state index is 13.7. The Morgan fingerprint density at radius 2 is 1.74 bits per heavy atom. The van der Waals surface area contributed by atoms with E-state index in [9.17, 15) is 18.3 Å². The summed E-state index contributed by atoms with van der Waals surface area (Å²) in [6.45, 7) is 1.40. The van der Waals surface area contributed by atoms with Gasteiger partial charge in [-0.15, -0.1) is 0 Å². The van der Waals surface area contributed by atoms with Crippen molar-refractivity contribution in [2.45, 2.75) is 13.0 Å². The lowest BCUT2D eigenvalue weighted by atomic mass is 9.99. The second kappa shape index (κ2) is 5.23. The molecule has 0 radical (unpaired) electrons. The van der Waals surface area contributed by atoms with Crippen LogP contribution in [0.25, 0.3) is 0 Å². The van der Waals surface area contributed by atoms with Crippen LogP contribution in [0.3, 0.4) is 0 Å². The summed E-state index contributed by atoms with van der Waals surface area (Å²) in [5, 5.41) is 9.80. The minimum atomic E-state index is -1.62. The maximum Gasteiger partial charge on any atom is 0.147 e. The lowest BCUT2D eigenvalue weighted by Crippen LogP contribution is -2.06. The first-order chi connectivity index (χ1) is 8.91. The van der Waals surface area contributed by atoms with Gasteiger partial charge in [-0.25, -0.2) is 13.2 Å². The summed E-state index contributed by atoms with van der Waals surface area (Å²) in [5.41, 5.74) is -0.418. The molecule has 0 aliphatic carbocycles. The van der Waals surface area contributed by atoms with Crippen LogP contribution >= 0.6 is 11.6 Å². The fraction of sp³-hybridized carbons (Fsp3) is 0.143. The highest BCUT2D eigenvalue weighted by Crippen LogP contribution is 2.30. The average molecular weight is 287 g/mol. The number of rotatable bonds is 2. The molecule has 5 heteroatoms. The largest absolute Gasteiger partial charge is 0.383 e. The molecule has 1 nitrogen and oxygen atoms in total. The second-order valence-corrected chi connectivity index (χ2v) is 4.58. The van der Waals surface area contributed by atoms with Crippen molar-refractivity contribution in [2.24, 2.45) is 0 Å². The van der Waals surface area contributed by atoms with Gasteiger partial charge in [-0.3, -0.25) is 0 Å². The van der Waals surface area contributed by atoms with Crippen LogP contribution < -0.4 is 0 Å². The van der Waals surface area contributed by atoms with Crippen LogP contribution in [0.1, 0.15) is 22.8 Å². The third kappa shape index (κ3) is 2.60. The number of benzene rings is 2. The zero-order valence-corrected chi connectivity index (χ0v) is 10.7. The molecule has 1 N–H and O–H groups in total. The predicted octanol–water partition coefficient (Wildman–Crippen LogP) is 4.15. The molecule has 2 rings (SSSR count). The molecule has 0 aliphatic rings. The molecule has 2 aromatic carbocycles. The first-order valence-electron chi connectivity index (χ1n) is 5.49. The molecule has 0 aromatic heterocycles. The first-order valence-corrected chi connectivity index (χ1v) is 5.87. The van der Waals surface area contributed by atoms with E-state index in [-0.39, 0.29) is 21.7 Å². The summed E-state index contributed by atoms with van der Waals surface area (Å²) < 4.78 is 40.9. The van der Waals surface area contributed by atoms with Crippen molar-refractivity contribution in [1.82, 2.24) is 0 Å². The molecule has 0 amide bonds. The second-order valence-electron chi connectivity index (χ2n) is 4.17. The Labute approximate surface area is 113 Å². The first kappa shape index (κ1) is 13.9. The summed E-state index contributed by atoms with van der Waals surface area (Å²) >= 11 is 5.59. The van der Waals surface area contributed by atoms with E-state index in [1.54, 1.807) is 0 Å². The zero-order valence-electron chi connectivity index (χ0n) is 9.92. The van der Waals surface area contributed by atoms with Crippen molar-refractivity contribution in [3.63, 3.8) is 0 Å². The van der Waals surface area contributed by atoms with Gasteiger partial charge >= 0.3 is 0 Å². The summed E-state index contributed by atoms with van der Waals surface area (Å²) in [6.07, 6.45) is -1.62. The van der Waals surface area contributed by atoms with Crippen molar-refractivity contribution < 1.29 is 18.3 Å². The summed E-state index contributed by atoms with van der Waals surface area (Å²) in [4.78, 5) is 0. The van der Waals surface area contributed by atoms with Gasteiger partial charge in [-0.1, -0.05) is 23.7 Å². The molecule has 19 heavy (non-hydrogen) atoms. The quantitative estimate of drug-likeness (QED) is 0.879. The molecule has 2 aromatic rings. The summed E-state index contributed by atoms with van der Waals surface area (Å²) in [5.74, 6) is -2.32. The van der Waals surface area contributed by atoms with Gasteiger partial charge in [-0.2, -0.15) is 0 Å². The Morgan fingerprint density at radius 1 is 1.05 bits per heavy atom. The fourth-order valence-electron chi connectivity index (χ4n) is 1.77. The minimum absolute atomic E-state index is 0.111. The molecule has 0 fully saturated rings. The topological polar surface area (TPSA) is 20.2 Å². The van der Waals surface area contributed by atoms with E-state index in [0.717, 1.165) is 12.1 Å². The van der Waals surface area contributed by atoms with E-state index >= 15 is 0 Å². The van der Waals surface area contributed by atoms with Crippen molar-refractivity contribution in [2.75, 3.05) is 0 Å². The minimum Gasteiger partial charge on any atom is -0.383 e. The van der Waals surface area contributed by atoms with E-state index in [4.69, 9.17) is 11.6 Å². The number of aliphatic hydroxyl groups is 1. The van der Waals surface area contributed by atoms with Crippen molar-refractivity contribution in [3.8, 4) is 0 Å². The summed E-state index contributed by atoms with van der Waals surface area (Å²) in [7, 11) is 0. The molecule has 0 heterocycles. The molecule has 1 unspecified atom stereocenters. The Balaban J connectivity index is 2.53.